The van der Waals surface area contributed by atoms with Gasteiger partial charge in [-0.1, -0.05) is 0 Å². The lowest BCUT2D eigenvalue weighted by atomic mass is 10.1. The highest BCUT2D eigenvalue weighted by molar-refractivity contribution is 6.00. The minimum Gasteiger partial charge on any atom is -0.507 e. The van der Waals surface area contributed by atoms with Crippen molar-refractivity contribution in [2.75, 3.05) is 13.1 Å². The molecule has 0 aromatic heterocycles. The van der Waals surface area contributed by atoms with Gasteiger partial charge in [-0.05, 0) is 12.1 Å². The highest BCUT2D eigenvalue weighted by atomic mass is 19.1. The predicted molar refractivity (Wildman–Crippen MR) is 62.4 cm³/mol. The van der Waals surface area contributed by atoms with Crippen molar-refractivity contribution in [3.8, 4) is 5.75 Å². The van der Waals surface area contributed by atoms with Gasteiger partial charge in [0, 0.05) is 6.07 Å². The molecule has 0 aliphatic rings. The fourth-order valence-electron chi connectivity index (χ4n) is 1.43. The number of benzene rings is 1. The molecule has 8 heteroatoms. The topological polar surface area (TPSA) is 127 Å². The van der Waals surface area contributed by atoms with E-state index in [9.17, 15) is 23.9 Å². The van der Waals surface area contributed by atoms with Crippen LogP contribution in [0.25, 0.3) is 0 Å². The molecule has 0 atom stereocenters. The lowest BCUT2D eigenvalue weighted by Crippen LogP contribution is -2.43. The van der Waals surface area contributed by atoms with Crippen molar-refractivity contribution in [1.82, 2.24) is 4.90 Å². The largest absolute Gasteiger partial charge is 0.507 e. The summed E-state index contributed by atoms with van der Waals surface area (Å²) in [6.07, 6.45) is 0. The Morgan fingerprint density at radius 2 is 1.68 bits per heavy atom. The fraction of sp³-hybridized carbons (Fsp3) is 0.182. The molecule has 7 nitrogen and oxygen atoms in total. The number of hydrogen-bond donors (Lipinski definition) is 3. The first-order chi connectivity index (χ1) is 8.81. The van der Waals surface area contributed by atoms with E-state index in [1.807, 2.05) is 0 Å². The number of hydrogen-bond acceptors (Lipinski definition) is 4. The van der Waals surface area contributed by atoms with E-state index in [1.54, 1.807) is 0 Å². The molecule has 0 spiro atoms. The van der Waals surface area contributed by atoms with Gasteiger partial charge in [0.05, 0.1) is 5.56 Å². The number of phenolic OH excluding ortho intramolecular Hbond substituents is 1. The van der Waals surface area contributed by atoms with E-state index in [4.69, 9.17) is 11.5 Å². The SMILES string of the molecule is NC(=O)CN(CC(N)=O)C(=O)c1ccc(F)cc1O. The number of primary amides is 2. The summed E-state index contributed by atoms with van der Waals surface area (Å²) in [6.45, 7) is -1.09. The number of rotatable bonds is 5. The molecule has 5 N–H and O–H groups in total. The molecule has 102 valence electrons. The Balaban J connectivity index is 3.04. The first-order valence-electron chi connectivity index (χ1n) is 5.15. The van der Waals surface area contributed by atoms with E-state index in [1.165, 1.54) is 0 Å². The van der Waals surface area contributed by atoms with Crippen LogP contribution in [0.15, 0.2) is 18.2 Å². The maximum atomic E-state index is 12.8. The number of halogens is 1. The van der Waals surface area contributed by atoms with E-state index >= 15 is 0 Å². The summed E-state index contributed by atoms with van der Waals surface area (Å²) in [5.41, 5.74) is 9.62. The average Bonchev–Trinajstić information content (AvgIpc) is 2.26. The first kappa shape index (κ1) is 14.4. The van der Waals surface area contributed by atoms with Gasteiger partial charge in [-0.2, -0.15) is 0 Å². The monoisotopic (exact) mass is 269 g/mol. The molecule has 19 heavy (non-hydrogen) atoms. The van der Waals surface area contributed by atoms with Crippen LogP contribution in [0.4, 0.5) is 4.39 Å². The smallest absolute Gasteiger partial charge is 0.258 e. The summed E-state index contributed by atoms with van der Waals surface area (Å²) in [5.74, 6) is -3.89. The van der Waals surface area contributed by atoms with Crippen molar-refractivity contribution < 1.29 is 23.9 Å². The summed E-state index contributed by atoms with van der Waals surface area (Å²) >= 11 is 0. The van der Waals surface area contributed by atoms with E-state index in [0.717, 1.165) is 23.1 Å². The third kappa shape index (κ3) is 3.95. The van der Waals surface area contributed by atoms with Gasteiger partial charge in [-0.15, -0.1) is 0 Å². The third-order valence-corrected chi connectivity index (χ3v) is 2.17. The Hall–Kier alpha value is -2.64. The zero-order chi connectivity index (χ0) is 14.6. The standard InChI is InChI=1S/C11H12FN3O4/c12-6-1-2-7(8(16)3-6)11(19)15(4-9(13)17)5-10(14)18/h1-3,16H,4-5H2,(H2,13,17)(H2,14,18). The van der Waals surface area contributed by atoms with Crippen LogP contribution in [0.2, 0.25) is 0 Å². The van der Waals surface area contributed by atoms with E-state index < -0.39 is 42.4 Å². The van der Waals surface area contributed by atoms with Crippen LogP contribution in [0, 0.1) is 5.82 Å². The normalized spacial score (nSPS) is 9.95. The van der Waals surface area contributed by atoms with Gasteiger partial charge in [0.2, 0.25) is 11.8 Å². The van der Waals surface area contributed by atoms with Gasteiger partial charge in [0.1, 0.15) is 24.7 Å². The molecule has 0 heterocycles. The van der Waals surface area contributed by atoms with E-state index in [2.05, 4.69) is 0 Å². The second-order valence-electron chi connectivity index (χ2n) is 3.76. The second-order valence-corrected chi connectivity index (χ2v) is 3.76. The molecule has 0 bridgehead atoms. The third-order valence-electron chi connectivity index (χ3n) is 2.17. The maximum Gasteiger partial charge on any atom is 0.258 e. The van der Waals surface area contributed by atoms with Crippen LogP contribution in [0.1, 0.15) is 10.4 Å². The summed E-state index contributed by atoms with van der Waals surface area (Å²) < 4.78 is 12.8. The number of phenols is 1. The zero-order valence-corrected chi connectivity index (χ0v) is 9.80. The Bertz CT molecular complexity index is 517. The van der Waals surface area contributed by atoms with Crippen molar-refractivity contribution in [2.45, 2.75) is 0 Å². The van der Waals surface area contributed by atoms with Gasteiger partial charge >= 0.3 is 0 Å². The van der Waals surface area contributed by atoms with Crippen molar-refractivity contribution in [2.24, 2.45) is 11.5 Å². The number of nitrogens with zero attached hydrogens (tertiary/aromatic N) is 1. The highest BCUT2D eigenvalue weighted by Gasteiger charge is 2.22. The van der Waals surface area contributed by atoms with Gasteiger partial charge < -0.3 is 21.5 Å². The molecular formula is C11H12FN3O4. The first-order valence-corrected chi connectivity index (χ1v) is 5.15. The highest BCUT2D eigenvalue weighted by Crippen LogP contribution is 2.19. The average molecular weight is 269 g/mol. The molecule has 1 aromatic carbocycles. The van der Waals surface area contributed by atoms with Crippen molar-refractivity contribution >= 4 is 17.7 Å². The number of carbonyl (C=O) groups is 3. The van der Waals surface area contributed by atoms with Crippen LogP contribution >= 0.6 is 0 Å². The molecule has 0 fully saturated rings. The summed E-state index contributed by atoms with van der Waals surface area (Å²) in [5, 5.41) is 9.46. The van der Waals surface area contributed by atoms with E-state index in [-0.39, 0.29) is 5.56 Å². The fourth-order valence-corrected chi connectivity index (χ4v) is 1.43. The quantitative estimate of drug-likeness (QED) is 0.629. The van der Waals surface area contributed by atoms with Crippen LogP contribution < -0.4 is 11.5 Å². The molecule has 0 unspecified atom stereocenters. The number of carbonyl (C=O) groups excluding carboxylic acids is 3. The lowest BCUT2D eigenvalue weighted by molar-refractivity contribution is -0.121. The zero-order valence-electron chi connectivity index (χ0n) is 9.80. The maximum absolute atomic E-state index is 12.8. The molecule has 0 aliphatic heterocycles. The Morgan fingerprint density at radius 1 is 1.16 bits per heavy atom. The lowest BCUT2D eigenvalue weighted by Gasteiger charge is -2.19. The Labute approximate surface area is 107 Å². The Morgan fingerprint density at radius 3 is 2.11 bits per heavy atom. The molecule has 1 aromatic rings. The number of amides is 3. The second kappa shape index (κ2) is 5.80. The van der Waals surface area contributed by atoms with Crippen LogP contribution in [0.3, 0.4) is 0 Å². The van der Waals surface area contributed by atoms with Crippen LogP contribution in [0.5, 0.6) is 5.75 Å². The molecule has 0 saturated carbocycles. The molecule has 0 aliphatic carbocycles. The molecular weight excluding hydrogens is 257 g/mol. The molecule has 1 rings (SSSR count). The van der Waals surface area contributed by atoms with E-state index in [0.29, 0.717) is 0 Å². The van der Waals surface area contributed by atoms with Crippen molar-refractivity contribution in [3.05, 3.63) is 29.6 Å². The minimum absolute atomic E-state index is 0.260. The molecule has 0 radical (unpaired) electrons. The van der Waals surface area contributed by atoms with Crippen molar-refractivity contribution in [3.63, 3.8) is 0 Å². The summed E-state index contributed by atoms with van der Waals surface area (Å²) in [7, 11) is 0. The number of aromatic hydroxyl groups is 1. The molecule has 0 saturated heterocycles. The van der Waals surface area contributed by atoms with Gasteiger partial charge in [-0.3, -0.25) is 14.4 Å². The van der Waals surface area contributed by atoms with Gasteiger partial charge in [-0.25, -0.2) is 4.39 Å². The predicted octanol–water partition coefficient (Wildman–Crippen LogP) is -1.06. The number of nitrogens with two attached hydrogens (primary N) is 2. The van der Waals surface area contributed by atoms with Gasteiger partial charge in [0.15, 0.2) is 0 Å². The minimum atomic E-state index is -0.852. The molecule has 3 amide bonds. The van der Waals surface area contributed by atoms with Crippen LogP contribution in [-0.4, -0.2) is 40.8 Å². The van der Waals surface area contributed by atoms with Gasteiger partial charge in [0.25, 0.3) is 5.91 Å². The summed E-state index contributed by atoms with van der Waals surface area (Å²) in [6, 6.07) is 2.72. The Kier molecular flexibility index (Phi) is 4.41. The summed E-state index contributed by atoms with van der Waals surface area (Å²) in [4.78, 5) is 34.4. The van der Waals surface area contributed by atoms with Crippen LogP contribution in [-0.2, 0) is 9.59 Å². The van der Waals surface area contributed by atoms with Crippen molar-refractivity contribution in [1.29, 1.82) is 0 Å².